The highest BCUT2D eigenvalue weighted by atomic mass is 16.2. The molecule has 1 fully saturated rings. The first-order valence-corrected chi connectivity index (χ1v) is 8.39. The minimum atomic E-state index is 0.0617. The molecule has 2 aromatic carbocycles. The average Bonchev–Trinajstić information content (AvgIpc) is 3.06. The van der Waals surface area contributed by atoms with E-state index in [0.29, 0.717) is 6.54 Å². The minimum Gasteiger partial charge on any atom is -0.338 e. The molecule has 120 valence electrons. The van der Waals surface area contributed by atoms with Gasteiger partial charge in [-0.3, -0.25) is 0 Å². The van der Waals surface area contributed by atoms with E-state index in [2.05, 4.69) is 48.6 Å². The third-order valence-electron chi connectivity index (χ3n) is 4.59. The Morgan fingerprint density at radius 1 is 1.13 bits per heavy atom. The van der Waals surface area contributed by atoms with Crippen molar-refractivity contribution in [2.24, 2.45) is 0 Å². The molecule has 1 N–H and O–H groups in total. The SMILES string of the molecule is Cc1ccccc1[C@@H]1CCCN1C(=O)NCCc1ccccc1. The normalized spacial score (nSPS) is 17.3. The van der Waals surface area contributed by atoms with Crippen LogP contribution >= 0.6 is 0 Å². The molecule has 1 aliphatic heterocycles. The summed E-state index contributed by atoms with van der Waals surface area (Å²) in [5.74, 6) is 0. The molecule has 0 aromatic heterocycles. The maximum Gasteiger partial charge on any atom is 0.317 e. The number of aryl methyl sites for hydroxylation is 1. The van der Waals surface area contributed by atoms with Gasteiger partial charge in [0.2, 0.25) is 0 Å². The summed E-state index contributed by atoms with van der Waals surface area (Å²) in [7, 11) is 0. The van der Waals surface area contributed by atoms with Gasteiger partial charge in [0.1, 0.15) is 0 Å². The van der Waals surface area contributed by atoms with Gasteiger partial charge in [-0.05, 0) is 42.9 Å². The van der Waals surface area contributed by atoms with Crippen LogP contribution < -0.4 is 5.32 Å². The summed E-state index contributed by atoms with van der Waals surface area (Å²) < 4.78 is 0. The molecule has 1 aliphatic rings. The Bertz CT molecular complexity index is 654. The highest BCUT2D eigenvalue weighted by molar-refractivity contribution is 5.75. The molecule has 23 heavy (non-hydrogen) atoms. The molecule has 0 spiro atoms. The summed E-state index contributed by atoms with van der Waals surface area (Å²) in [6, 6.07) is 18.9. The van der Waals surface area contributed by atoms with Gasteiger partial charge in [-0.1, -0.05) is 54.6 Å². The molecule has 0 aliphatic carbocycles. The van der Waals surface area contributed by atoms with Crippen molar-refractivity contribution < 1.29 is 4.79 Å². The van der Waals surface area contributed by atoms with Gasteiger partial charge in [0.15, 0.2) is 0 Å². The van der Waals surface area contributed by atoms with Crippen LogP contribution in [0.1, 0.15) is 35.6 Å². The zero-order valence-electron chi connectivity index (χ0n) is 13.7. The van der Waals surface area contributed by atoms with Gasteiger partial charge in [-0.25, -0.2) is 4.79 Å². The average molecular weight is 308 g/mol. The number of urea groups is 1. The summed E-state index contributed by atoms with van der Waals surface area (Å²) in [4.78, 5) is 14.5. The largest absolute Gasteiger partial charge is 0.338 e. The van der Waals surface area contributed by atoms with Crippen molar-refractivity contribution in [1.82, 2.24) is 10.2 Å². The predicted molar refractivity (Wildman–Crippen MR) is 93.4 cm³/mol. The zero-order valence-corrected chi connectivity index (χ0v) is 13.7. The topological polar surface area (TPSA) is 32.3 Å². The third kappa shape index (κ3) is 3.73. The number of hydrogen-bond donors (Lipinski definition) is 1. The maximum atomic E-state index is 12.5. The Labute approximate surface area is 138 Å². The molecule has 3 heteroatoms. The molecule has 2 aromatic rings. The van der Waals surface area contributed by atoms with E-state index in [9.17, 15) is 4.79 Å². The molecule has 0 radical (unpaired) electrons. The van der Waals surface area contributed by atoms with E-state index in [4.69, 9.17) is 0 Å². The van der Waals surface area contributed by atoms with Crippen molar-refractivity contribution in [2.45, 2.75) is 32.2 Å². The molecule has 1 heterocycles. The lowest BCUT2D eigenvalue weighted by molar-refractivity contribution is 0.193. The number of rotatable bonds is 4. The molecule has 1 atom stereocenters. The first kappa shape index (κ1) is 15.6. The van der Waals surface area contributed by atoms with E-state index >= 15 is 0 Å². The van der Waals surface area contributed by atoms with E-state index in [-0.39, 0.29) is 12.1 Å². The molecule has 3 rings (SSSR count). The lowest BCUT2D eigenvalue weighted by atomic mass is 9.99. The molecular formula is C20H24N2O. The predicted octanol–water partition coefficient (Wildman–Crippen LogP) is 4.08. The number of nitrogens with zero attached hydrogens (tertiary/aromatic N) is 1. The quantitative estimate of drug-likeness (QED) is 0.906. The fourth-order valence-electron chi connectivity index (χ4n) is 3.35. The van der Waals surface area contributed by atoms with Crippen LogP contribution in [0.2, 0.25) is 0 Å². The van der Waals surface area contributed by atoms with Crippen LogP contribution in [0.15, 0.2) is 54.6 Å². The highest BCUT2D eigenvalue weighted by Gasteiger charge is 2.30. The van der Waals surface area contributed by atoms with Crippen molar-refractivity contribution in [3.8, 4) is 0 Å². The number of likely N-dealkylation sites (tertiary alicyclic amines) is 1. The smallest absolute Gasteiger partial charge is 0.317 e. The van der Waals surface area contributed by atoms with Crippen molar-refractivity contribution in [3.05, 3.63) is 71.3 Å². The molecule has 3 nitrogen and oxygen atoms in total. The molecule has 1 saturated heterocycles. The second-order valence-corrected chi connectivity index (χ2v) is 6.18. The van der Waals surface area contributed by atoms with E-state index < -0.39 is 0 Å². The monoisotopic (exact) mass is 308 g/mol. The van der Waals surface area contributed by atoms with E-state index in [1.165, 1.54) is 16.7 Å². The lowest BCUT2D eigenvalue weighted by Crippen LogP contribution is -2.40. The Morgan fingerprint density at radius 3 is 2.65 bits per heavy atom. The molecule has 0 bridgehead atoms. The van der Waals surface area contributed by atoms with Crippen molar-refractivity contribution >= 4 is 6.03 Å². The standard InChI is InChI=1S/C20H24N2O/c1-16-8-5-6-11-18(16)19-12-7-15-22(19)20(23)21-14-13-17-9-3-2-4-10-17/h2-6,8-11,19H,7,12-15H2,1H3,(H,21,23)/t19-/m0/s1. The Hall–Kier alpha value is -2.29. The minimum absolute atomic E-state index is 0.0617. The number of benzene rings is 2. The van der Waals surface area contributed by atoms with Gasteiger partial charge in [-0.2, -0.15) is 0 Å². The van der Waals surface area contributed by atoms with E-state index in [0.717, 1.165) is 25.8 Å². The van der Waals surface area contributed by atoms with Crippen LogP contribution in [-0.2, 0) is 6.42 Å². The van der Waals surface area contributed by atoms with Gasteiger partial charge < -0.3 is 10.2 Å². The maximum absolute atomic E-state index is 12.5. The first-order chi connectivity index (χ1) is 11.3. The third-order valence-corrected chi connectivity index (χ3v) is 4.59. The van der Waals surface area contributed by atoms with Gasteiger partial charge in [-0.15, -0.1) is 0 Å². The summed E-state index contributed by atoms with van der Waals surface area (Å²) in [6.45, 7) is 3.65. The van der Waals surface area contributed by atoms with Gasteiger partial charge in [0, 0.05) is 13.1 Å². The van der Waals surface area contributed by atoms with Gasteiger partial charge in [0.05, 0.1) is 6.04 Å². The summed E-state index contributed by atoms with van der Waals surface area (Å²) in [5.41, 5.74) is 3.80. The molecule has 0 unspecified atom stereocenters. The van der Waals surface area contributed by atoms with Crippen LogP contribution in [0.25, 0.3) is 0 Å². The fraction of sp³-hybridized carbons (Fsp3) is 0.350. The van der Waals surface area contributed by atoms with Crippen LogP contribution in [0, 0.1) is 6.92 Å². The van der Waals surface area contributed by atoms with Gasteiger partial charge >= 0.3 is 6.03 Å². The summed E-state index contributed by atoms with van der Waals surface area (Å²) in [6.07, 6.45) is 3.00. The van der Waals surface area contributed by atoms with Crippen LogP contribution in [-0.4, -0.2) is 24.0 Å². The Balaban J connectivity index is 1.59. The summed E-state index contributed by atoms with van der Waals surface area (Å²) >= 11 is 0. The fourth-order valence-corrected chi connectivity index (χ4v) is 3.35. The summed E-state index contributed by atoms with van der Waals surface area (Å²) in [5, 5.41) is 3.08. The zero-order chi connectivity index (χ0) is 16.1. The molecule has 0 saturated carbocycles. The Kier molecular flexibility index (Phi) is 4.96. The van der Waals surface area contributed by atoms with Crippen LogP contribution in [0.3, 0.4) is 0 Å². The Morgan fingerprint density at radius 2 is 1.87 bits per heavy atom. The first-order valence-electron chi connectivity index (χ1n) is 8.39. The van der Waals surface area contributed by atoms with E-state index in [1.807, 2.05) is 23.1 Å². The highest BCUT2D eigenvalue weighted by Crippen LogP contribution is 2.33. The molecule has 2 amide bonds. The second kappa shape index (κ2) is 7.32. The molecular weight excluding hydrogens is 284 g/mol. The van der Waals surface area contributed by atoms with Crippen LogP contribution in [0.4, 0.5) is 4.79 Å². The van der Waals surface area contributed by atoms with Gasteiger partial charge in [0.25, 0.3) is 0 Å². The van der Waals surface area contributed by atoms with Crippen molar-refractivity contribution in [3.63, 3.8) is 0 Å². The number of carbonyl (C=O) groups excluding carboxylic acids is 1. The second-order valence-electron chi connectivity index (χ2n) is 6.18. The van der Waals surface area contributed by atoms with Crippen LogP contribution in [0.5, 0.6) is 0 Å². The van der Waals surface area contributed by atoms with Crippen molar-refractivity contribution in [2.75, 3.05) is 13.1 Å². The van der Waals surface area contributed by atoms with E-state index in [1.54, 1.807) is 0 Å². The number of nitrogens with one attached hydrogen (secondary N) is 1. The number of hydrogen-bond acceptors (Lipinski definition) is 1. The van der Waals surface area contributed by atoms with Crippen molar-refractivity contribution in [1.29, 1.82) is 0 Å². The number of carbonyl (C=O) groups is 1. The lowest BCUT2D eigenvalue weighted by Gasteiger charge is -2.26. The number of amides is 2.